The third-order valence-corrected chi connectivity index (χ3v) is 6.11. The minimum absolute atomic E-state index is 0.0516. The van der Waals surface area contributed by atoms with Gasteiger partial charge in [-0.15, -0.1) is 0 Å². The Kier molecular flexibility index (Phi) is 6.76. The second kappa shape index (κ2) is 9.90. The van der Waals surface area contributed by atoms with Crippen LogP contribution in [0.25, 0.3) is 0 Å². The second-order valence-corrected chi connectivity index (χ2v) is 8.04. The fourth-order valence-electron chi connectivity index (χ4n) is 4.37. The minimum atomic E-state index is -0.309. The Morgan fingerprint density at radius 2 is 1.56 bits per heavy atom. The maximum atomic E-state index is 12.9. The van der Waals surface area contributed by atoms with Gasteiger partial charge in [0.2, 0.25) is 5.75 Å². The van der Waals surface area contributed by atoms with Crippen molar-refractivity contribution in [2.75, 3.05) is 51.2 Å². The standard InChI is InChI=1S/C24H28N4O6/c1-32-19-13-16(14-20(33-2)22(19)34-3)25-23(30)26-11-9-17(10-12-26)27-15-21(29)28(24(27)31)18-7-5-4-6-8-18/h4-8,13-14,17H,9-12,15H2,1-3H3,(H,25,30). The molecule has 2 aromatic rings. The van der Waals surface area contributed by atoms with E-state index in [9.17, 15) is 14.4 Å². The van der Waals surface area contributed by atoms with E-state index in [2.05, 4.69) is 5.32 Å². The second-order valence-electron chi connectivity index (χ2n) is 8.04. The van der Waals surface area contributed by atoms with Crippen LogP contribution in [0.15, 0.2) is 42.5 Å². The summed E-state index contributed by atoms with van der Waals surface area (Å²) in [4.78, 5) is 42.9. The molecule has 1 N–H and O–H groups in total. The molecule has 2 aromatic carbocycles. The third kappa shape index (κ3) is 4.43. The van der Waals surface area contributed by atoms with Gasteiger partial charge >= 0.3 is 12.1 Å². The molecule has 0 aromatic heterocycles. The van der Waals surface area contributed by atoms with Crippen molar-refractivity contribution in [3.63, 3.8) is 0 Å². The summed E-state index contributed by atoms with van der Waals surface area (Å²) in [5.41, 5.74) is 1.09. The summed E-state index contributed by atoms with van der Waals surface area (Å²) in [5.74, 6) is 1.09. The fourth-order valence-corrected chi connectivity index (χ4v) is 4.37. The molecule has 0 saturated carbocycles. The lowest BCUT2D eigenvalue weighted by molar-refractivity contribution is -0.116. The monoisotopic (exact) mass is 468 g/mol. The summed E-state index contributed by atoms with van der Waals surface area (Å²) in [5, 5.41) is 2.87. The highest BCUT2D eigenvalue weighted by molar-refractivity contribution is 6.19. The predicted octanol–water partition coefficient (Wildman–Crippen LogP) is 3.18. The zero-order chi connectivity index (χ0) is 24.2. The Labute approximate surface area is 198 Å². The number of amides is 5. The topological polar surface area (TPSA) is 101 Å². The minimum Gasteiger partial charge on any atom is -0.493 e. The molecule has 2 saturated heterocycles. The number of anilines is 2. The molecule has 0 spiro atoms. The number of hydrogen-bond acceptors (Lipinski definition) is 6. The van der Waals surface area contributed by atoms with E-state index in [4.69, 9.17) is 14.2 Å². The molecule has 0 bridgehead atoms. The lowest BCUT2D eigenvalue weighted by Crippen LogP contribution is -2.49. The highest BCUT2D eigenvalue weighted by atomic mass is 16.5. The smallest absolute Gasteiger partial charge is 0.332 e. The highest BCUT2D eigenvalue weighted by Gasteiger charge is 2.41. The number of imide groups is 1. The number of benzene rings is 2. The molecule has 4 rings (SSSR count). The van der Waals surface area contributed by atoms with E-state index in [0.29, 0.717) is 54.6 Å². The molecule has 0 radical (unpaired) electrons. The highest BCUT2D eigenvalue weighted by Crippen LogP contribution is 2.40. The Balaban J connectivity index is 1.37. The molecule has 0 aliphatic carbocycles. The third-order valence-electron chi connectivity index (χ3n) is 6.11. The van der Waals surface area contributed by atoms with Gasteiger partial charge in [0.25, 0.3) is 5.91 Å². The van der Waals surface area contributed by atoms with Crippen LogP contribution in [0.2, 0.25) is 0 Å². The number of carbonyl (C=O) groups excluding carboxylic acids is 3. The summed E-state index contributed by atoms with van der Waals surface area (Å²) < 4.78 is 16.0. The normalized spacial score (nSPS) is 16.6. The number of piperidine rings is 1. The van der Waals surface area contributed by atoms with Crippen LogP contribution in [0.4, 0.5) is 21.0 Å². The molecule has 2 fully saturated rings. The number of ether oxygens (including phenoxy) is 3. The number of nitrogens with zero attached hydrogens (tertiary/aromatic N) is 3. The van der Waals surface area contributed by atoms with Gasteiger partial charge < -0.3 is 29.3 Å². The lowest BCUT2D eigenvalue weighted by atomic mass is 10.0. The van der Waals surface area contributed by atoms with Gasteiger partial charge in [0.15, 0.2) is 11.5 Å². The van der Waals surface area contributed by atoms with Crippen molar-refractivity contribution < 1.29 is 28.6 Å². The number of nitrogens with one attached hydrogen (secondary N) is 1. The number of hydrogen-bond donors (Lipinski definition) is 1. The first-order valence-corrected chi connectivity index (χ1v) is 11.0. The van der Waals surface area contributed by atoms with Crippen LogP contribution < -0.4 is 24.4 Å². The molecule has 0 unspecified atom stereocenters. The zero-order valence-electron chi connectivity index (χ0n) is 19.4. The Bertz CT molecular complexity index is 1040. The summed E-state index contributed by atoms with van der Waals surface area (Å²) >= 11 is 0. The van der Waals surface area contributed by atoms with Crippen LogP contribution in [0.1, 0.15) is 12.8 Å². The molecule has 5 amide bonds. The van der Waals surface area contributed by atoms with Crippen LogP contribution in [0.5, 0.6) is 17.2 Å². The first-order chi connectivity index (χ1) is 16.5. The maximum absolute atomic E-state index is 12.9. The number of carbonyl (C=O) groups is 3. The molecule has 2 heterocycles. The van der Waals surface area contributed by atoms with Gasteiger partial charge in [-0.05, 0) is 25.0 Å². The van der Waals surface area contributed by atoms with Gasteiger partial charge in [-0.25, -0.2) is 14.5 Å². The van der Waals surface area contributed by atoms with Crippen molar-refractivity contribution in [3.05, 3.63) is 42.5 Å². The SMILES string of the molecule is COc1cc(NC(=O)N2CCC(N3CC(=O)N(c4ccccc4)C3=O)CC2)cc(OC)c1OC. The molecule has 34 heavy (non-hydrogen) atoms. The molecular formula is C24H28N4O6. The summed E-state index contributed by atoms with van der Waals surface area (Å²) in [6, 6.07) is 11.6. The average molecular weight is 469 g/mol. The van der Waals surface area contributed by atoms with E-state index >= 15 is 0 Å². The molecular weight excluding hydrogens is 440 g/mol. The van der Waals surface area contributed by atoms with E-state index in [0.717, 1.165) is 0 Å². The molecule has 2 aliphatic rings. The Morgan fingerprint density at radius 3 is 2.12 bits per heavy atom. The van der Waals surface area contributed by atoms with E-state index in [-0.39, 0.29) is 30.6 Å². The fraction of sp³-hybridized carbons (Fsp3) is 0.375. The molecule has 10 heteroatoms. The van der Waals surface area contributed by atoms with Crippen molar-refractivity contribution in [1.29, 1.82) is 0 Å². The molecule has 2 aliphatic heterocycles. The number of likely N-dealkylation sites (tertiary alicyclic amines) is 1. The van der Waals surface area contributed by atoms with Crippen molar-refractivity contribution >= 4 is 29.3 Å². The Morgan fingerprint density at radius 1 is 0.941 bits per heavy atom. The lowest BCUT2D eigenvalue weighted by Gasteiger charge is -2.36. The molecule has 180 valence electrons. The largest absolute Gasteiger partial charge is 0.493 e. The number of rotatable bonds is 6. The van der Waals surface area contributed by atoms with E-state index in [1.54, 1.807) is 46.2 Å². The predicted molar refractivity (Wildman–Crippen MR) is 126 cm³/mol. The number of para-hydroxylation sites is 1. The summed E-state index contributed by atoms with van der Waals surface area (Å²) in [6.07, 6.45) is 1.18. The molecule has 10 nitrogen and oxygen atoms in total. The van der Waals surface area contributed by atoms with Crippen LogP contribution in [0, 0.1) is 0 Å². The van der Waals surface area contributed by atoms with Crippen LogP contribution in [0.3, 0.4) is 0 Å². The average Bonchev–Trinajstić information content (AvgIpc) is 3.17. The summed E-state index contributed by atoms with van der Waals surface area (Å²) in [7, 11) is 4.54. The van der Waals surface area contributed by atoms with Crippen LogP contribution in [-0.2, 0) is 4.79 Å². The van der Waals surface area contributed by atoms with Gasteiger partial charge in [-0.1, -0.05) is 18.2 Å². The van der Waals surface area contributed by atoms with Crippen molar-refractivity contribution in [2.45, 2.75) is 18.9 Å². The van der Waals surface area contributed by atoms with Gasteiger partial charge in [0, 0.05) is 31.3 Å². The van der Waals surface area contributed by atoms with Crippen LogP contribution >= 0.6 is 0 Å². The van der Waals surface area contributed by atoms with Crippen molar-refractivity contribution in [1.82, 2.24) is 9.80 Å². The first kappa shape index (κ1) is 23.2. The number of urea groups is 2. The van der Waals surface area contributed by atoms with E-state index in [1.165, 1.54) is 26.2 Å². The van der Waals surface area contributed by atoms with Gasteiger partial charge in [0.05, 0.1) is 32.7 Å². The van der Waals surface area contributed by atoms with E-state index < -0.39 is 0 Å². The van der Waals surface area contributed by atoms with Crippen molar-refractivity contribution in [3.8, 4) is 17.2 Å². The van der Waals surface area contributed by atoms with Gasteiger partial charge in [0.1, 0.15) is 6.54 Å². The summed E-state index contributed by atoms with van der Waals surface area (Å²) in [6.45, 7) is 0.977. The Hall–Kier alpha value is -3.95. The quantitative estimate of drug-likeness (QED) is 0.654. The van der Waals surface area contributed by atoms with Crippen molar-refractivity contribution in [2.24, 2.45) is 0 Å². The first-order valence-electron chi connectivity index (χ1n) is 11.0. The maximum Gasteiger partial charge on any atom is 0.332 e. The van der Waals surface area contributed by atoms with Gasteiger partial charge in [-0.2, -0.15) is 0 Å². The number of methoxy groups -OCH3 is 3. The van der Waals surface area contributed by atoms with Crippen LogP contribution in [-0.4, -0.2) is 74.8 Å². The van der Waals surface area contributed by atoms with Gasteiger partial charge in [-0.3, -0.25) is 4.79 Å². The van der Waals surface area contributed by atoms with E-state index in [1.807, 2.05) is 6.07 Å². The molecule has 0 atom stereocenters. The zero-order valence-corrected chi connectivity index (χ0v) is 19.4.